The normalized spacial score (nSPS) is 19.2. The van der Waals surface area contributed by atoms with Crippen LogP contribution in [0.4, 0.5) is 0 Å². The van der Waals surface area contributed by atoms with Crippen LogP contribution in [0.15, 0.2) is 16.9 Å². The van der Waals surface area contributed by atoms with E-state index in [1.54, 1.807) is 6.26 Å². The molecule has 1 heterocycles. The third kappa shape index (κ3) is 2.58. The zero-order valence-electron chi connectivity index (χ0n) is 8.70. The van der Waals surface area contributed by atoms with Crippen molar-refractivity contribution < 1.29 is 4.52 Å². The van der Waals surface area contributed by atoms with E-state index in [9.17, 15) is 0 Å². The standard InChI is InChI=1S/C11H18N2O/c1-9(7-10-3-2-4-10)12-8-11-5-6-14-13-11/h5-6,9-10,12H,2-4,7-8H2,1H3. The van der Waals surface area contributed by atoms with Gasteiger partial charge in [-0.3, -0.25) is 0 Å². The molecule has 1 saturated carbocycles. The van der Waals surface area contributed by atoms with Crippen molar-refractivity contribution in [2.75, 3.05) is 0 Å². The first-order valence-corrected chi connectivity index (χ1v) is 5.47. The van der Waals surface area contributed by atoms with E-state index in [1.807, 2.05) is 6.07 Å². The van der Waals surface area contributed by atoms with Gasteiger partial charge in [0, 0.05) is 18.7 Å². The number of nitrogens with zero attached hydrogens (tertiary/aromatic N) is 1. The van der Waals surface area contributed by atoms with E-state index in [4.69, 9.17) is 4.52 Å². The maximum Gasteiger partial charge on any atom is 0.124 e. The van der Waals surface area contributed by atoms with Crippen molar-refractivity contribution in [3.8, 4) is 0 Å². The summed E-state index contributed by atoms with van der Waals surface area (Å²) in [6.07, 6.45) is 7.21. The zero-order valence-corrected chi connectivity index (χ0v) is 8.70. The molecule has 0 spiro atoms. The van der Waals surface area contributed by atoms with E-state index in [2.05, 4.69) is 17.4 Å². The number of aromatic nitrogens is 1. The monoisotopic (exact) mass is 194 g/mol. The van der Waals surface area contributed by atoms with Crippen LogP contribution in [0.3, 0.4) is 0 Å². The quantitative estimate of drug-likeness (QED) is 0.781. The van der Waals surface area contributed by atoms with Crippen LogP contribution in [0.2, 0.25) is 0 Å². The van der Waals surface area contributed by atoms with Gasteiger partial charge in [0.25, 0.3) is 0 Å². The highest BCUT2D eigenvalue weighted by molar-refractivity contribution is 4.94. The molecule has 0 aromatic carbocycles. The lowest BCUT2D eigenvalue weighted by molar-refractivity contribution is 0.264. The summed E-state index contributed by atoms with van der Waals surface area (Å²) in [7, 11) is 0. The van der Waals surface area contributed by atoms with Crippen molar-refractivity contribution >= 4 is 0 Å². The predicted octanol–water partition coefficient (Wildman–Crippen LogP) is 2.34. The second-order valence-corrected chi connectivity index (χ2v) is 4.31. The van der Waals surface area contributed by atoms with Crippen molar-refractivity contribution in [1.29, 1.82) is 0 Å². The van der Waals surface area contributed by atoms with Crippen molar-refractivity contribution in [2.45, 2.75) is 45.2 Å². The highest BCUT2D eigenvalue weighted by Crippen LogP contribution is 2.30. The van der Waals surface area contributed by atoms with Crippen molar-refractivity contribution in [1.82, 2.24) is 10.5 Å². The average molecular weight is 194 g/mol. The van der Waals surface area contributed by atoms with Gasteiger partial charge < -0.3 is 9.84 Å². The predicted molar refractivity (Wildman–Crippen MR) is 54.8 cm³/mol. The number of hydrogen-bond donors (Lipinski definition) is 1. The first kappa shape index (κ1) is 9.71. The molecular formula is C11H18N2O. The van der Waals surface area contributed by atoms with Crippen LogP contribution in [-0.2, 0) is 6.54 Å². The van der Waals surface area contributed by atoms with E-state index < -0.39 is 0 Å². The molecule has 78 valence electrons. The van der Waals surface area contributed by atoms with Gasteiger partial charge in [-0.25, -0.2) is 0 Å². The minimum Gasteiger partial charge on any atom is -0.364 e. The number of nitrogens with one attached hydrogen (secondary N) is 1. The van der Waals surface area contributed by atoms with Crippen molar-refractivity contribution in [3.05, 3.63) is 18.0 Å². The highest BCUT2D eigenvalue weighted by atomic mass is 16.5. The van der Waals surface area contributed by atoms with E-state index in [0.717, 1.165) is 18.2 Å². The molecule has 0 saturated heterocycles. The second kappa shape index (κ2) is 4.60. The van der Waals surface area contributed by atoms with Crippen LogP contribution >= 0.6 is 0 Å². The molecule has 1 aliphatic rings. The molecule has 3 heteroatoms. The van der Waals surface area contributed by atoms with Crippen molar-refractivity contribution in [3.63, 3.8) is 0 Å². The van der Waals surface area contributed by atoms with Crippen LogP contribution in [0.1, 0.15) is 38.3 Å². The Bertz CT molecular complexity index is 254. The smallest absolute Gasteiger partial charge is 0.124 e. The second-order valence-electron chi connectivity index (χ2n) is 4.31. The Morgan fingerprint density at radius 1 is 1.64 bits per heavy atom. The highest BCUT2D eigenvalue weighted by Gasteiger charge is 2.19. The molecule has 2 rings (SSSR count). The van der Waals surface area contributed by atoms with Crippen molar-refractivity contribution in [2.24, 2.45) is 5.92 Å². The fourth-order valence-corrected chi connectivity index (χ4v) is 1.92. The maximum absolute atomic E-state index is 4.77. The number of hydrogen-bond acceptors (Lipinski definition) is 3. The lowest BCUT2D eigenvalue weighted by atomic mass is 9.81. The van der Waals surface area contributed by atoms with E-state index >= 15 is 0 Å². The Kier molecular flexibility index (Phi) is 3.19. The van der Waals surface area contributed by atoms with Gasteiger partial charge in [0.15, 0.2) is 0 Å². The van der Waals surface area contributed by atoms with Gasteiger partial charge in [0.05, 0.1) is 5.69 Å². The first-order chi connectivity index (χ1) is 6.84. The van der Waals surface area contributed by atoms with E-state index in [1.165, 1.54) is 25.7 Å². The topological polar surface area (TPSA) is 38.1 Å². The minimum atomic E-state index is 0.594. The number of rotatable bonds is 5. The van der Waals surface area contributed by atoms with Gasteiger partial charge in [0.1, 0.15) is 6.26 Å². The largest absolute Gasteiger partial charge is 0.364 e. The lowest BCUT2D eigenvalue weighted by Crippen LogP contribution is -2.29. The Hall–Kier alpha value is -0.830. The Balaban J connectivity index is 1.64. The maximum atomic E-state index is 4.77. The summed E-state index contributed by atoms with van der Waals surface area (Å²) < 4.78 is 4.77. The molecule has 1 fully saturated rings. The molecule has 1 unspecified atom stereocenters. The Morgan fingerprint density at radius 3 is 3.07 bits per heavy atom. The molecule has 0 bridgehead atoms. The van der Waals surface area contributed by atoms with Gasteiger partial charge in [-0.15, -0.1) is 0 Å². The summed E-state index contributed by atoms with van der Waals surface area (Å²) in [5, 5.41) is 7.33. The molecule has 0 amide bonds. The molecule has 0 radical (unpaired) electrons. The Morgan fingerprint density at radius 2 is 2.50 bits per heavy atom. The summed E-state index contributed by atoms with van der Waals surface area (Å²) in [5.74, 6) is 0.967. The molecule has 1 aromatic rings. The van der Waals surface area contributed by atoms with Gasteiger partial charge >= 0.3 is 0 Å². The molecule has 1 N–H and O–H groups in total. The van der Waals surface area contributed by atoms with Crippen LogP contribution < -0.4 is 5.32 Å². The fraction of sp³-hybridized carbons (Fsp3) is 0.727. The van der Waals surface area contributed by atoms with Gasteiger partial charge in [0.2, 0.25) is 0 Å². The summed E-state index contributed by atoms with van der Waals surface area (Å²) in [6, 6.07) is 2.50. The van der Waals surface area contributed by atoms with Crippen LogP contribution in [0, 0.1) is 5.92 Å². The average Bonchev–Trinajstić information content (AvgIpc) is 2.60. The molecular weight excluding hydrogens is 176 g/mol. The molecule has 1 aliphatic carbocycles. The molecule has 1 atom stereocenters. The third-order valence-electron chi connectivity index (χ3n) is 3.03. The minimum absolute atomic E-state index is 0.594. The first-order valence-electron chi connectivity index (χ1n) is 5.47. The Labute approximate surface area is 84.9 Å². The lowest BCUT2D eigenvalue weighted by Gasteiger charge is -2.28. The van der Waals surface area contributed by atoms with Gasteiger partial charge in [-0.1, -0.05) is 24.4 Å². The molecule has 14 heavy (non-hydrogen) atoms. The fourth-order valence-electron chi connectivity index (χ4n) is 1.92. The van der Waals surface area contributed by atoms with Crippen LogP contribution in [0.25, 0.3) is 0 Å². The van der Waals surface area contributed by atoms with Crippen LogP contribution in [0.5, 0.6) is 0 Å². The molecule has 3 nitrogen and oxygen atoms in total. The summed E-state index contributed by atoms with van der Waals surface area (Å²) >= 11 is 0. The van der Waals surface area contributed by atoms with E-state index in [-0.39, 0.29) is 0 Å². The summed E-state index contributed by atoms with van der Waals surface area (Å²) in [4.78, 5) is 0. The van der Waals surface area contributed by atoms with Gasteiger partial charge in [-0.2, -0.15) is 0 Å². The zero-order chi connectivity index (χ0) is 9.80. The SMILES string of the molecule is CC(CC1CCC1)NCc1ccon1. The van der Waals surface area contributed by atoms with E-state index in [0.29, 0.717) is 6.04 Å². The third-order valence-corrected chi connectivity index (χ3v) is 3.03. The summed E-state index contributed by atoms with van der Waals surface area (Å²) in [5.41, 5.74) is 0.991. The summed E-state index contributed by atoms with van der Waals surface area (Å²) in [6.45, 7) is 3.07. The van der Waals surface area contributed by atoms with Crippen LogP contribution in [-0.4, -0.2) is 11.2 Å². The van der Waals surface area contributed by atoms with Gasteiger partial charge in [-0.05, 0) is 19.3 Å². The molecule has 0 aliphatic heterocycles. The molecule has 1 aromatic heterocycles.